The Balaban J connectivity index is 1.36. The van der Waals surface area contributed by atoms with Crippen molar-refractivity contribution in [3.05, 3.63) is 36.7 Å². The molecule has 3 aromatic rings. The average Bonchev–Trinajstić information content (AvgIpc) is 3.39. The predicted molar refractivity (Wildman–Crippen MR) is 117 cm³/mol. The fourth-order valence-electron chi connectivity index (χ4n) is 4.85. The van der Waals surface area contributed by atoms with Gasteiger partial charge >= 0.3 is 0 Å². The van der Waals surface area contributed by atoms with E-state index in [-0.39, 0.29) is 12.4 Å². The van der Waals surface area contributed by atoms with E-state index < -0.39 is 5.66 Å². The van der Waals surface area contributed by atoms with Gasteiger partial charge in [0.2, 0.25) is 0 Å². The number of halogens is 1. The van der Waals surface area contributed by atoms with Crippen LogP contribution in [0.5, 0.6) is 0 Å². The predicted octanol–water partition coefficient (Wildman–Crippen LogP) is 2.23. The van der Waals surface area contributed by atoms with Gasteiger partial charge in [-0.15, -0.1) is 0 Å². The lowest BCUT2D eigenvalue weighted by Crippen LogP contribution is -2.56. The first-order valence-corrected chi connectivity index (χ1v) is 10.7. The second-order valence-corrected chi connectivity index (χ2v) is 8.27. The van der Waals surface area contributed by atoms with E-state index in [1.807, 2.05) is 0 Å². The number of aromatic amines is 1. The van der Waals surface area contributed by atoms with E-state index in [2.05, 4.69) is 40.8 Å². The molecule has 31 heavy (non-hydrogen) atoms. The highest BCUT2D eigenvalue weighted by atomic mass is 19.1. The van der Waals surface area contributed by atoms with E-state index >= 15 is 0 Å². The highest BCUT2D eigenvalue weighted by molar-refractivity contribution is 5.82. The minimum atomic E-state index is -0.419. The van der Waals surface area contributed by atoms with Gasteiger partial charge in [-0.05, 0) is 37.6 Å². The van der Waals surface area contributed by atoms with Gasteiger partial charge in [-0.25, -0.2) is 19.3 Å². The Labute approximate surface area is 179 Å². The topological polar surface area (TPSA) is 114 Å². The molecule has 4 heterocycles. The SMILES string of the molecule is OCCN1CCC[C@H](C2(CCNc3ncnc4nc[nH]c34)Nc3ccc(F)cc3N2)C1. The van der Waals surface area contributed by atoms with E-state index in [0.717, 1.165) is 49.2 Å². The molecule has 1 aromatic carbocycles. The molecule has 0 aliphatic carbocycles. The van der Waals surface area contributed by atoms with Crippen molar-refractivity contribution in [1.29, 1.82) is 0 Å². The molecule has 2 aliphatic heterocycles. The average molecular weight is 427 g/mol. The summed E-state index contributed by atoms with van der Waals surface area (Å²) >= 11 is 0. The number of β-amino-alcohol motifs (C(OH)–C–C–N with tert-alkyl or cyclic N) is 1. The van der Waals surface area contributed by atoms with Crippen molar-refractivity contribution in [3.8, 4) is 0 Å². The highest BCUT2D eigenvalue weighted by Crippen LogP contribution is 2.42. The number of benzene rings is 1. The van der Waals surface area contributed by atoms with Crippen LogP contribution in [0.1, 0.15) is 19.3 Å². The summed E-state index contributed by atoms with van der Waals surface area (Å²) in [4.78, 5) is 18.1. The molecule has 2 aliphatic rings. The van der Waals surface area contributed by atoms with Crippen LogP contribution in [0.3, 0.4) is 0 Å². The molecule has 5 rings (SSSR count). The number of hydrogen-bond acceptors (Lipinski definition) is 8. The van der Waals surface area contributed by atoms with Crippen molar-refractivity contribution in [2.75, 3.05) is 48.7 Å². The largest absolute Gasteiger partial charge is 0.395 e. The van der Waals surface area contributed by atoms with Crippen LogP contribution in [-0.2, 0) is 0 Å². The Morgan fingerprint density at radius 3 is 3.03 bits per heavy atom. The summed E-state index contributed by atoms with van der Waals surface area (Å²) in [6.45, 7) is 3.34. The van der Waals surface area contributed by atoms with Crippen LogP contribution in [0.25, 0.3) is 11.2 Å². The summed E-state index contributed by atoms with van der Waals surface area (Å²) in [6, 6.07) is 4.82. The van der Waals surface area contributed by atoms with Gasteiger partial charge in [0.1, 0.15) is 23.3 Å². The number of nitrogens with one attached hydrogen (secondary N) is 4. The van der Waals surface area contributed by atoms with Crippen molar-refractivity contribution in [3.63, 3.8) is 0 Å². The third kappa shape index (κ3) is 3.88. The fraction of sp³-hybridized carbons (Fsp3) is 0.476. The summed E-state index contributed by atoms with van der Waals surface area (Å²) in [6.07, 6.45) is 5.97. The Hall–Kier alpha value is -2.98. The first kappa shape index (κ1) is 20.0. The van der Waals surface area contributed by atoms with Crippen LogP contribution in [0.15, 0.2) is 30.9 Å². The van der Waals surface area contributed by atoms with Crippen LogP contribution in [0.4, 0.5) is 21.6 Å². The van der Waals surface area contributed by atoms with Crippen LogP contribution >= 0.6 is 0 Å². The second kappa shape index (κ2) is 8.27. The van der Waals surface area contributed by atoms with Crippen molar-refractivity contribution >= 4 is 28.4 Å². The van der Waals surface area contributed by atoms with Crippen molar-refractivity contribution in [2.45, 2.75) is 24.9 Å². The second-order valence-electron chi connectivity index (χ2n) is 8.27. The zero-order chi connectivity index (χ0) is 21.3. The van der Waals surface area contributed by atoms with Crippen LogP contribution < -0.4 is 16.0 Å². The standard InChI is InChI=1S/C21H27FN8O/c22-15-3-4-16-17(10-15)29-21(28-16,14-2-1-7-30(11-14)8-9-31)5-6-23-19-18-20(25-12-24-18)27-13-26-19/h3-4,10,12-14,28-29,31H,1-2,5-9,11H2,(H2,23,24,25,26,27)/t14-,21?/m0/s1. The smallest absolute Gasteiger partial charge is 0.182 e. The number of imidazole rings is 1. The van der Waals surface area contributed by atoms with Gasteiger partial charge in [-0.2, -0.15) is 0 Å². The number of aromatic nitrogens is 4. The quantitative estimate of drug-likeness (QED) is 0.391. The molecule has 1 fully saturated rings. The number of nitrogens with zero attached hydrogens (tertiary/aromatic N) is 4. The number of likely N-dealkylation sites (tertiary alicyclic amines) is 1. The number of rotatable bonds is 7. The van der Waals surface area contributed by atoms with Gasteiger partial charge in [-0.1, -0.05) is 0 Å². The molecule has 2 aromatic heterocycles. The van der Waals surface area contributed by atoms with Gasteiger partial charge < -0.3 is 30.9 Å². The van der Waals surface area contributed by atoms with Crippen molar-refractivity contribution < 1.29 is 9.50 Å². The van der Waals surface area contributed by atoms with Gasteiger partial charge in [0.05, 0.1) is 24.3 Å². The molecule has 0 amide bonds. The first-order chi connectivity index (χ1) is 15.2. The minimum Gasteiger partial charge on any atom is -0.395 e. The molecule has 9 nitrogen and oxygen atoms in total. The third-order valence-electron chi connectivity index (χ3n) is 6.35. The Morgan fingerprint density at radius 1 is 1.23 bits per heavy atom. The fourth-order valence-corrected chi connectivity index (χ4v) is 4.85. The number of aliphatic hydroxyl groups is 1. The molecular formula is C21H27FN8O. The molecule has 2 atom stereocenters. The van der Waals surface area contributed by atoms with E-state index in [9.17, 15) is 9.50 Å². The summed E-state index contributed by atoms with van der Waals surface area (Å²) < 4.78 is 13.9. The minimum absolute atomic E-state index is 0.154. The number of H-pyrrole nitrogens is 1. The summed E-state index contributed by atoms with van der Waals surface area (Å²) in [5.74, 6) is 0.752. The van der Waals surface area contributed by atoms with Crippen LogP contribution in [0, 0.1) is 11.7 Å². The Kier molecular flexibility index (Phi) is 5.33. The lowest BCUT2D eigenvalue weighted by atomic mass is 9.83. The first-order valence-electron chi connectivity index (χ1n) is 10.7. The van der Waals surface area contributed by atoms with Crippen molar-refractivity contribution in [1.82, 2.24) is 24.8 Å². The number of anilines is 3. The molecule has 0 spiro atoms. The number of hydrogen-bond donors (Lipinski definition) is 5. The summed E-state index contributed by atoms with van der Waals surface area (Å²) in [7, 11) is 0. The molecule has 0 saturated carbocycles. The molecule has 5 N–H and O–H groups in total. The van der Waals surface area contributed by atoms with E-state index in [1.165, 1.54) is 12.4 Å². The number of piperidine rings is 1. The maximum atomic E-state index is 13.9. The van der Waals surface area contributed by atoms with Gasteiger partial charge in [0.15, 0.2) is 11.5 Å². The van der Waals surface area contributed by atoms with Crippen LogP contribution in [-0.4, -0.2) is 68.4 Å². The van der Waals surface area contributed by atoms with Gasteiger partial charge in [0.25, 0.3) is 0 Å². The van der Waals surface area contributed by atoms with Gasteiger partial charge in [0, 0.05) is 32.0 Å². The van der Waals surface area contributed by atoms with E-state index in [4.69, 9.17) is 0 Å². The molecule has 1 unspecified atom stereocenters. The maximum absolute atomic E-state index is 13.9. The zero-order valence-corrected chi connectivity index (χ0v) is 17.2. The van der Waals surface area contributed by atoms with E-state index in [1.54, 1.807) is 18.5 Å². The highest BCUT2D eigenvalue weighted by Gasteiger charge is 2.44. The molecule has 0 bridgehead atoms. The molecule has 164 valence electrons. The summed E-state index contributed by atoms with van der Waals surface area (Å²) in [5.41, 5.74) is 2.69. The Bertz CT molecular complexity index is 1060. The lowest BCUT2D eigenvalue weighted by Gasteiger charge is -2.44. The molecular weight excluding hydrogens is 399 g/mol. The normalized spacial score (nSPS) is 23.4. The van der Waals surface area contributed by atoms with Gasteiger partial charge in [-0.3, -0.25) is 0 Å². The molecule has 1 saturated heterocycles. The maximum Gasteiger partial charge on any atom is 0.182 e. The Morgan fingerprint density at radius 2 is 2.13 bits per heavy atom. The zero-order valence-electron chi connectivity index (χ0n) is 17.2. The number of fused-ring (bicyclic) bond motifs is 2. The summed E-state index contributed by atoms with van der Waals surface area (Å²) in [5, 5.41) is 20.1. The molecule has 0 radical (unpaired) electrons. The third-order valence-corrected chi connectivity index (χ3v) is 6.35. The monoisotopic (exact) mass is 426 g/mol. The molecule has 10 heteroatoms. The van der Waals surface area contributed by atoms with Crippen LogP contribution in [0.2, 0.25) is 0 Å². The number of aliphatic hydroxyl groups excluding tert-OH is 1. The van der Waals surface area contributed by atoms with Crippen molar-refractivity contribution in [2.24, 2.45) is 5.92 Å². The van der Waals surface area contributed by atoms with E-state index in [0.29, 0.717) is 30.5 Å². The lowest BCUT2D eigenvalue weighted by molar-refractivity contribution is 0.112.